The highest BCUT2D eigenvalue weighted by atomic mass is 32.1. The van der Waals surface area contributed by atoms with Crippen LogP contribution in [0.3, 0.4) is 0 Å². The minimum atomic E-state index is -0.183. The molecule has 0 atom stereocenters. The number of amides is 2. The maximum absolute atomic E-state index is 12.6. The Hall–Kier alpha value is -3.19. The molecule has 1 aliphatic rings. The number of aromatic nitrogens is 1. The summed E-state index contributed by atoms with van der Waals surface area (Å²) in [7, 11) is 1.73. The van der Waals surface area contributed by atoms with E-state index in [4.69, 9.17) is 4.74 Å². The number of benzene rings is 2. The van der Waals surface area contributed by atoms with E-state index in [1.54, 1.807) is 11.9 Å². The Bertz CT molecular complexity index is 1140. The summed E-state index contributed by atoms with van der Waals surface area (Å²) in [5.41, 5.74) is 5.19. The number of ether oxygens (including phenoxy) is 1. The molecular weight excluding hydrogens is 386 g/mol. The van der Waals surface area contributed by atoms with Gasteiger partial charge in [0.25, 0.3) is 11.8 Å². The van der Waals surface area contributed by atoms with Gasteiger partial charge in [-0.15, -0.1) is 11.3 Å². The summed E-state index contributed by atoms with van der Waals surface area (Å²) in [6, 6.07) is 11.3. The summed E-state index contributed by atoms with van der Waals surface area (Å²) in [5.74, 6) is 0.399. The van der Waals surface area contributed by atoms with Crippen LogP contribution in [0.15, 0.2) is 36.4 Å². The molecule has 29 heavy (non-hydrogen) atoms. The number of anilines is 2. The molecule has 1 aromatic heterocycles. The fourth-order valence-electron chi connectivity index (χ4n) is 3.19. The van der Waals surface area contributed by atoms with Gasteiger partial charge in [0.1, 0.15) is 5.75 Å². The van der Waals surface area contributed by atoms with E-state index in [1.807, 2.05) is 57.2 Å². The lowest BCUT2D eigenvalue weighted by Crippen LogP contribution is -2.35. The van der Waals surface area contributed by atoms with Crippen molar-refractivity contribution in [1.29, 1.82) is 0 Å². The molecule has 3 aromatic rings. The first-order valence-corrected chi connectivity index (χ1v) is 10.0. The van der Waals surface area contributed by atoms with Crippen molar-refractivity contribution in [2.75, 3.05) is 23.9 Å². The van der Waals surface area contributed by atoms with Crippen LogP contribution >= 0.6 is 11.3 Å². The molecule has 4 rings (SSSR count). The fraction of sp³-hybridized carbons (Fsp3) is 0.227. The molecule has 7 heteroatoms. The number of likely N-dealkylation sites (N-methyl/N-ethyl adjacent to an activating group) is 1. The first-order valence-electron chi connectivity index (χ1n) is 9.23. The average Bonchev–Trinajstić information content (AvgIpc) is 3.06. The van der Waals surface area contributed by atoms with Crippen LogP contribution in [0.5, 0.6) is 5.75 Å². The predicted octanol–water partition coefficient (Wildman–Crippen LogP) is 4.34. The summed E-state index contributed by atoms with van der Waals surface area (Å²) in [4.78, 5) is 31.7. The van der Waals surface area contributed by atoms with Gasteiger partial charge in [0, 0.05) is 23.1 Å². The largest absolute Gasteiger partial charge is 0.482 e. The minimum absolute atomic E-state index is 0.0488. The van der Waals surface area contributed by atoms with Crippen LogP contribution in [0.1, 0.15) is 26.4 Å². The highest BCUT2D eigenvalue weighted by molar-refractivity contribution is 7.16. The van der Waals surface area contributed by atoms with Gasteiger partial charge in [0.2, 0.25) is 0 Å². The van der Waals surface area contributed by atoms with Crippen LogP contribution in [0.25, 0.3) is 11.3 Å². The van der Waals surface area contributed by atoms with E-state index in [2.05, 4.69) is 10.3 Å². The number of hydrogen-bond donors (Lipinski definition) is 1. The average molecular weight is 407 g/mol. The molecule has 6 nitrogen and oxygen atoms in total. The lowest BCUT2D eigenvalue weighted by Gasteiger charge is -2.26. The van der Waals surface area contributed by atoms with Crippen LogP contribution in [0, 0.1) is 20.8 Å². The Morgan fingerprint density at radius 3 is 2.69 bits per heavy atom. The van der Waals surface area contributed by atoms with Crippen molar-refractivity contribution >= 4 is 34.0 Å². The van der Waals surface area contributed by atoms with Crippen molar-refractivity contribution in [3.63, 3.8) is 0 Å². The van der Waals surface area contributed by atoms with E-state index >= 15 is 0 Å². The van der Waals surface area contributed by atoms with Crippen molar-refractivity contribution < 1.29 is 14.3 Å². The molecule has 148 valence electrons. The first kappa shape index (κ1) is 19.1. The molecule has 1 aliphatic heterocycles. The van der Waals surface area contributed by atoms with E-state index in [1.165, 1.54) is 11.3 Å². The van der Waals surface area contributed by atoms with Gasteiger partial charge in [0.15, 0.2) is 11.7 Å². The molecule has 0 fully saturated rings. The third kappa shape index (κ3) is 3.61. The highest BCUT2D eigenvalue weighted by Gasteiger charge is 2.23. The number of hydrogen-bond acceptors (Lipinski definition) is 5. The van der Waals surface area contributed by atoms with Gasteiger partial charge in [-0.05, 0) is 62.2 Å². The van der Waals surface area contributed by atoms with E-state index in [9.17, 15) is 9.59 Å². The van der Waals surface area contributed by atoms with Crippen molar-refractivity contribution in [2.24, 2.45) is 0 Å². The zero-order valence-electron chi connectivity index (χ0n) is 16.7. The number of rotatable bonds is 3. The molecule has 0 saturated heterocycles. The Morgan fingerprint density at radius 2 is 1.93 bits per heavy atom. The standard InChI is InChI=1S/C22H21N3O3S/c1-12-5-6-16(9-13(12)2)21(27)24-22-23-20(14(3)29-22)15-7-8-18-17(10-15)25(4)19(26)11-28-18/h5-10H,11H2,1-4H3,(H,23,24,27). The van der Waals surface area contributed by atoms with Crippen molar-refractivity contribution in [3.05, 3.63) is 58.0 Å². The van der Waals surface area contributed by atoms with Gasteiger partial charge in [-0.25, -0.2) is 4.98 Å². The normalized spacial score (nSPS) is 13.1. The van der Waals surface area contributed by atoms with Crippen LogP contribution in [0.2, 0.25) is 0 Å². The summed E-state index contributed by atoms with van der Waals surface area (Å²) in [5, 5.41) is 3.43. The maximum Gasteiger partial charge on any atom is 0.264 e. The van der Waals surface area contributed by atoms with Crippen molar-refractivity contribution in [1.82, 2.24) is 4.98 Å². The van der Waals surface area contributed by atoms with Crippen LogP contribution in [-0.4, -0.2) is 30.5 Å². The minimum Gasteiger partial charge on any atom is -0.482 e. The molecule has 0 spiro atoms. The van der Waals surface area contributed by atoms with E-state index < -0.39 is 0 Å². The number of thiazole rings is 1. The van der Waals surface area contributed by atoms with Gasteiger partial charge in [-0.2, -0.15) is 0 Å². The van der Waals surface area contributed by atoms with E-state index in [0.29, 0.717) is 22.1 Å². The lowest BCUT2D eigenvalue weighted by molar-refractivity contribution is -0.120. The van der Waals surface area contributed by atoms with Crippen molar-refractivity contribution in [2.45, 2.75) is 20.8 Å². The Labute approximate surface area is 173 Å². The predicted molar refractivity (Wildman–Crippen MR) is 115 cm³/mol. The molecule has 0 saturated carbocycles. The first-order chi connectivity index (χ1) is 13.8. The summed E-state index contributed by atoms with van der Waals surface area (Å²) in [6.07, 6.45) is 0. The zero-order chi connectivity index (χ0) is 20.7. The third-order valence-electron chi connectivity index (χ3n) is 5.11. The summed E-state index contributed by atoms with van der Waals surface area (Å²) >= 11 is 1.42. The zero-order valence-corrected chi connectivity index (χ0v) is 17.5. The summed E-state index contributed by atoms with van der Waals surface area (Å²) < 4.78 is 5.49. The van der Waals surface area contributed by atoms with Gasteiger partial charge in [-0.3, -0.25) is 14.9 Å². The maximum atomic E-state index is 12.6. The monoisotopic (exact) mass is 407 g/mol. The molecule has 0 aliphatic carbocycles. The van der Waals surface area contributed by atoms with Crippen molar-refractivity contribution in [3.8, 4) is 17.0 Å². The summed E-state index contributed by atoms with van der Waals surface area (Å²) in [6.45, 7) is 6.01. The van der Waals surface area contributed by atoms with Crippen LogP contribution < -0.4 is 15.0 Å². The Balaban J connectivity index is 1.61. The number of aryl methyl sites for hydroxylation is 3. The molecule has 2 aromatic carbocycles. The second-order valence-electron chi connectivity index (χ2n) is 7.10. The Morgan fingerprint density at radius 1 is 1.14 bits per heavy atom. The van der Waals surface area contributed by atoms with Crippen LogP contribution in [0.4, 0.5) is 10.8 Å². The van der Waals surface area contributed by atoms with Gasteiger partial charge >= 0.3 is 0 Å². The number of nitrogens with zero attached hydrogens (tertiary/aromatic N) is 2. The van der Waals surface area contributed by atoms with Crippen LogP contribution in [-0.2, 0) is 4.79 Å². The fourth-order valence-corrected chi connectivity index (χ4v) is 4.02. The van der Waals surface area contributed by atoms with Gasteiger partial charge < -0.3 is 9.64 Å². The Kier molecular flexibility index (Phi) is 4.84. The molecule has 0 unspecified atom stereocenters. The second-order valence-corrected chi connectivity index (χ2v) is 8.30. The number of nitrogens with one attached hydrogen (secondary N) is 1. The molecular formula is C22H21N3O3S. The van der Waals surface area contributed by atoms with E-state index in [0.717, 1.165) is 27.3 Å². The molecule has 2 amide bonds. The molecule has 2 heterocycles. The van der Waals surface area contributed by atoms with Gasteiger partial charge in [0.05, 0.1) is 11.4 Å². The molecule has 0 radical (unpaired) electrons. The number of carbonyl (C=O) groups is 2. The second kappa shape index (κ2) is 7.33. The smallest absolute Gasteiger partial charge is 0.264 e. The number of carbonyl (C=O) groups excluding carboxylic acids is 2. The topological polar surface area (TPSA) is 71.5 Å². The molecule has 0 bridgehead atoms. The highest BCUT2D eigenvalue weighted by Crippen LogP contribution is 2.37. The van der Waals surface area contributed by atoms with E-state index in [-0.39, 0.29) is 18.4 Å². The SMILES string of the molecule is Cc1ccc(C(=O)Nc2nc(-c3ccc4c(c3)N(C)C(=O)CO4)c(C)s2)cc1C. The molecule has 1 N–H and O–H groups in total. The quantitative estimate of drug-likeness (QED) is 0.701. The third-order valence-corrected chi connectivity index (χ3v) is 5.99. The van der Waals surface area contributed by atoms with Gasteiger partial charge in [-0.1, -0.05) is 6.07 Å². The number of fused-ring (bicyclic) bond motifs is 1. The lowest BCUT2D eigenvalue weighted by atomic mass is 10.1.